The molecule has 0 fully saturated rings. The Bertz CT molecular complexity index is 1180. The van der Waals surface area contributed by atoms with Gasteiger partial charge in [-0.3, -0.25) is 4.79 Å². The Hall–Kier alpha value is -2.99. The molecular formula is C19H14N2O3S. The number of methoxy groups -OCH3 is 1. The van der Waals surface area contributed by atoms with Gasteiger partial charge in [0.1, 0.15) is 5.52 Å². The molecule has 1 aromatic carbocycles. The number of hydrogen-bond acceptors (Lipinski definition) is 5. The van der Waals surface area contributed by atoms with Crippen molar-refractivity contribution in [1.82, 2.24) is 9.61 Å². The van der Waals surface area contributed by atoms with Gasteiger partial charge in [-0.25, -0.2) is 4.79 Å². The van der Waals surface area contributed by atoms with Gasteiger partial charge in [0, 0.05) is 10.9 Å². The second-order valence-electron chi connectivity index (χ2n) is 5.64. The van der Waals surface area contributed by atoms with E-state index in [9.17, 15) is 9.59 Å². The van der Waals surface area contributed by atoms with Crippen molar-refractivity contribution in [3.63, 3.8) is 0 Å². The molecule has 4 rings (SSSR count). The van der Waals surface area contributed by atoms with E-state index < -0.39 is 5.97 Å². The van der Waals surface area contributed by atoms with Crippen molar-refractivity contribution in [2.75, 3.05) is 7.11 Å². The molecule has 0 bridgehead atoms. The van der Waals surface area contributed by atoms with Gasteiger partial charge in [-0.1, -0.05) is 30.3 Å². The summed E-state index contributed by atoms with van der Waals surface area (Å²) in [4.78, 5) is 25.5. The molecule has 0 N–H and O–H groups in total. The molecule has 4 aromatic rings. The number of pyridine rings is 1. The first-order chi connectivity index (χ1) is 12.1. The molecule has 0 radical (unpaired) electrons. The lowest BCUT2D eigenvalue weighted by molar-refractivity contribution is 0.0602. The van der Waals surface area contributed by atoms with E-state index in [0.29, 0.717) is 16.6 Å². The maximum Gasteiger partial charge on any atom is 0.340 e. The van der Waals surface area contributed by atoms with Gasteiger partial charge in [0.25, 0.3) is 5.56 Å². The van der Waals surface area contributed by atoms with Crippen LogP contribution < -0.4 is 5.56 Å². The highest BCUT2D eigenvalue weighted by Crippen LogP contribution is 2.30. The van der Waals surface area contributed by atoms with Crippen molar-refractivity contribution in [1.29, 1.82) is 0 Å². The van der Waals surface area contributed by atoms with E-state index in [1.807, 2.05) is 48.7 Å². The Morgan fingerprint density at radius 1 is 1.20 bits per heavy atom. The molecule has 6 heteroatoms. The SMILES string of the molecule is COC(=O)c1cc(-c2ccccc2)c(=O)n2nc(C)c3ccsc3c12. The van der Waals surface area contributed by atoms with Crippen LogP contribution in [0, 0.1) is 6.92 Å². The molecule has 0 aliphatic rings. The Morgan fingerprint density at radius 2 is 1.96 bits per heavy atom. The van der Waals surface area contributed by atoms with Gasteiger partial charge in [-0.2, -0.15) is 9.61 Å². The summed E-state index contributed by atoms with van der Waals surface area (Å²) in [5.74, 6) is -0.491. The van der Waals surface area contributed by atoms with E-state index in [2.05, 4.69) is 5.10 Å². The molecular weight excluding hydrogens is 336 g/mol. The van der Waals surface area contributed by atoms with Crippen LogP contribution in [0.25, 0.3) is 26.7 Å². The van der Waals surface area contributed by atoms with Crippen LogP contribution in [0.5, 0.6) is 0 Å². The van der Waals surface area contributed by atoms with Crippen LogP contribution in [0.3, 0.4) is 0 Å². The average Bonchev–Trinajstić information content (AvgIpc) is 3.13. The van der Waals surface area contributed by atoms with E-state index in [1.54, 1.807) is 6.07 Å². The summed E-state index contributed by atoms with van der Waals surface area (Å²) >= 11 is 1.48. The smallest absolute Gasteiger partial charge is 0.340 e. The number of rotatable bonds is 2. The first-order valence-corrected chi connectivity index (χ1v) is 8.57. The first-order valence-electron chi connectivity index (χ1n) is 7.69. The van der Waals surface area contributed by atoms with Crippen LogP contribution in [-0.2, 0) is 4.74 Å². The number of aromatic nitrogens is 2. The number of thiophene rings is 1. The third-order valence-electron chi connectivity index (χ3n) is 4.19. The lowest BCUT2D eigenvalue weighted by Crippen LogP contribution is -2.22. The highest BCUT2D eigenvalue weighted by molar-refractivity contribution is 7.18. The molecule has 124 valence electrons. The number of carbonyl (C=O) groups is 1. The van der Waals surface area contributed by atoms with Crippen LogP contribution >= 0.6 is 11.3 Å². The zero-order valence-electron chi connectivity index (χ0n) is 13.6. The maximum atomic E-state index is 13.1. The van der Waals surface area contributed by atoms with E-state index in [4.69, 9.17) is 4.74 Å². The zero-order chi connectivity index (χ0) is 17.6. The number of nitrogens with zero attached hydrogens (tertiary/aromatic N) is 2. The standard InChI is InChI=1S/C19H14N2O3S/c1-11-13-8-9-25-17(13)16-15(19(23)24-2)10-14(18(22)21(16)20-11)12-6-4-3-5-7-12/h3-10H,1-2H3. The Morgan fingerprint density at radius 3 is 2.68 bits per heavy atom. The van der Waals surface area contributed by atoms with Crippen LogP contribution in [0.4, 0.5) is 0 Å². The molecule has 5 nitrogen and oxygen atoms in total. The summed E-state index contributed by atoms with van der Waals surface area (Å²) in [6.07, 6.45) is 0. The fourth-order valence-corrected chi connectivity index (χ4v) is 3.98. The molecule has 3 heterocycles. The van der Waals surface area contributed by atoms with Gasteiger partial charge in [-0.15, -0.1) is 11.3 Å². The lowest BCUT2D eigenvalue weighted by Gasteiger charge is -2.11. The largest absolute Gasteiger partial charge is 0.465 e. The van der Waals surface area contributed by atoms with Crippen molar-refractivity contribution in [3.8, 4) is 11.1 Å². The molecule has 0 atom stereocenters. The van der Waals surface area contributed by atoms with Crippen molar-refractivity contribution in [2.24, 2.45) is 0 Å². The van der Waals surface area contributed by atoms with Gasteiger partial charge >= 0.3 is 5.97 Å². The van der Waals surface area contributed by atoms with E-state index in [0.717, 1.165) is 21.3 Å². The van der Waals surface area contributed by atoms with Crippen LogP contribution in [0.15, 0.2) is 52.6 Å². The Kier molecular flexibility index (Phi) is 3.62. The summed E-state index contributed by atoms with van der Waals surface area (Å²) in [6.45, 7) is 1.86. The molecule has 0 aliphatic carbocycles. The van der Waals surface area contributed by atoms with Crippen LogP contribution in [0.1, 0.15) is 16.1 Å². The molecule has 0 aliphatic heterocycles. The normalized spacial score (nSPS) is 11.1. The minimum absolute atomic E-state index is 0.257. The summed E-state index contributed by atoms with van der Waals surface area (Å²) in [7, 11) is 1.33. The monoisotopic (exact) mass is 350 g/mol. The van der Waals surface area contributed by atoms with Crippen LogP contribution in [0.2, 0.25) is 0 Å². The van der Waals surface area contributed by atoms with Gasteiger partial charge in [0.2, 0.25) is 0 Å². The first kappa shape index (κ1) is 15.5. The van der Waals surface area contributed by atoms with Gasteiger partial charge < -0.3 is 4.74 Å². The van der Waals surface area contributed by atoms with E-state index >= 15 is 0 Å². The van der Waals surface area contributed by atoms with Crippen molar-refractivity contribution >= 4 is 32.9 Å². The highest BCUT2D eigenvalue weighted by atomic mass is 32.1. The minimum atomic E-state index is -0.491. The summed E-state index contributed by atoms with van der Waals surface area (Å²) in [6, 6.07) is 12.8. The second-order valence-corrected chi connectivity index (χ2v) is 6.56. The number of hydrogen-bond donors (Lipinski definition) is 0. The van der Waals surface area contributed by atoms with Crippen molar-refractivity contribution in [2.45, 2.75) is 6.92 Å². The Labute approximate surface area is 147 Å². The van der Waals surface area contributed by atoms with Crippen molar-refractivity contribution < 1.29 is 9.53 Å². The molecule has 25 heavy (non-hydrogen) atoms. The van der Waals surface area contributed by atoms with Gasteiger partial charge in [0.15, 0.2) is 0 Å². The fraction of sp³-hybridized carbons (Fsp3) is 0.105. The van der Waals surface area contributed by atoms with E-state index in [-0.39, 0.29) is 5.56 Å². The number of aryl methyl sites for hydroxylation is 1. The summed E-state index contributed by atoms with van der Waals surface area (Å²) in [5, 5.41) is 7.30. The molecule has 3 aromatic heterocycles. The van der Waals surface area contributed by atoms with Crippen LogP contribution in [-0.4, -0.2) is 22.7 Å². The molecule has 0 unspecified atom stereocenters. The maximum absolute atomic E-state index is 13.1. The number of benzene rings is 1. The quantitative estimate of drug-likeness (QED) is 0.518. The molecule has 0 saturated carbocycles. The third-order valence-corrected chi connectivity index (χ3v) is 5.11. The number of ether oxygens (including phenoxy) is 1. The number of fused-ring (bicyclic) bond motifs is 3. The average molecular weight is 350 g/mol. The highest BCUT2D eigenvalue weighted by Gasteiger charge is 2.21. The molecule has 0 amide bonds. The van der Waals surface area contributed by atoms with Gasteiger partial charge in [-0.05, 0) is 30.0 Å². The summed E-state index contributed by atoms with van der Waals surface area (Å²) in [5.41, 5.74) is 2.46. The second kappa shape index (κ2) is 5.82. The predicted molar refractivity (Wildman–Crippen MR) is 98.4 cm³/mol. The van der Waals surface area contributed by atoms with Crippen molar-refractivity contribution in [3.05, 3.63) is 69.5 Å². The lowest BCUT2D eigenvalue weighted by atomic mass is 10.0. The predicted octanol–water partition coefficient (Wildman–Crippen LogP) is 3.67. The Balaban J connectivity index is 2.22. The zero-order valence-corrected chi connectivity index (χ0v) is 14.5. The van der Waals surface area contributed by atoms with Gasteiger partial charge in [0.05, 0.1) is 23.1 Å². The molecule has 0 saturated heterocycles. The van der Waals surface area contributed by atoms with E-state index in [1.165, 1.54) is 23.0 Å². The summed E-state index contributed by atoms with van der Waals surface area (Å²) < 4.78 is 7.13. The number of carbonyl (C=O) groups excluding carboxylic acids is 1. The topological polar surface area (TPSA) is 60.7 Å². The fourth-order valence-electron chi connectivity index (χ4n) is 2.99. The molecule has 0 spiro atoms. The number of esters is 1. The third kappa shape index (κ3) is 2.34. The minimum Gasteiger partial charge on any atom is -0.465 e.